The van der Waals surface area contributed by atoms with Crippen LogP contribution in [0.15, 0.2) is 42.5 Å². The summed E-state index contributed by atoms with van der Waals surface area (Å²) < 4.78 is 63.4. The number of halogens is 3. The Balaban J connectivity index is 1.75. The molecule has 0 aromatic heterocycles. The number of carbonyl (C=O) groups is 1. The summed E-state index contributed by atoms with van der Waals surface area (Å²) in [6, 6.07) is 12.5. The largest absolute Gasteiger partial charge is 0.406 e. The number of benzene rings is 2. The van der Waals surface area contributed by atoms with Crippen molar-refractivity contribution >= 4 is 19.2 Å². The number of alkyl halides is 3. The molecule has 3 rings (SSSR count). The average molecular weight is 513 g/mol. The van der Waals surface area contributed by atoms with Gasteiger partial charge in [0, 0.05) is 12.2 Å². The van der Waals surface area contributed by atoms with Crippen molar-refractivity contribution < 1.29 is 31.6 Å². The van der Waals surface area contributed by atoms with E-state index in [1.165, 1.54) is 0 Å². The van der Waals surface area contributed by atoms with Crippen molar-refractivity contribution in [3.8, 4) is 11.1 Å². The molecule has 2 aromatic carbocycles. The number of hydrogen-bond donors (Lipinski definition) is 1. The van der Waals surface area contributed by atoms with E-state index in [-0.39, 0.29) is 25.9 Å². The van der Waals surface area contributed by atoms with Gasteiger partial charge in [-0.25, -0.2) is 0 Å². The third-order valence-corrected chi connectivity index (χ3v) is 8.10. The van der Waals surface area contributed by atoms with Crippen LogP contribution in [-0.2, 0) is 18.4 Å². The van der Waals surface area contributed by atoms with Gasteiger partial charge in [0.15, 0.2) is 0 Å². The summed E-state index contributed by atoms with van der Waals surface area (Å²) in [4.78, 5) is 14.4. The lowest BCUT2D eigenvalue weighted by molar-refractivity contribution is -0.161. The first-order valence-corrected chi connectivity index (χ1v) is 13.5. The summed E-state index contributed by atoms with van der Waals surface area (Å²) in [5.41, 5.74) is 9.37. The van der Waals surface area contributed by atoms with Gasteiger partial charge in [-0.3, -0.25) is 9.36 Å². The van der Waals surface area contributed by atoms with Crippen LogP contribution in [0.3, 0.4) is 0 Å². The number of fused-ring (bicyclic) bond motifs is 3. The third kappa shape index (κ3) is 6.66. The molecule has 0 saturated heterocycles. The minimum absolute atomic E-state index is 0.0767. The van der Waals surface area contributed by atoms with Crippen molar-refractivity contribution in [1.29, 1.82) is 0 Å². The van der Waals surface area contributed by atoms with E-state index < -0.39 is 32.1 Å². The molecule has 1 aliphatic rings. The maximum atomic E-state index is 13.6. The second-order valence-electron chi connectivity index (χ2n) is 8.43. The Morgan fingerprint density at radius 1 is 1.00 bits per heavy atom. The normalized spacial score (nSPS) is 15.1. The van der Waals surface area contributed by atoms with Gasteiger partial charge in [-0.05, 0) is 55.0 Å². The zero-order chi connectivity index (χ0) is 25.6. The molecule has 10 heteroatoms. The molecule has 2 aromatic rings. The van der Waals surface area contributed by atoms with Gasteiger partial charge in [0.05, 0.1) is 25.3 Å². The van der Waals surface area contributed by atoms with Crippen LogP contribution in [0.4, 0.5) is 18.9 Å². The molecule has 1 atom stereocenters. The fourth-order valence-electron chi connectivity index (χ4n) is 4.56. The summed E-state index contributed by atoms with van der Waals surface area (Å²) in [5.74, 6) is -1.51. The summed E-state index contributed by atoms with van der Waals surface area (Å²) >= 11 is 0. The molecule has 6 nitrogen and oxygen atoms in total. The van der Waals surface area contributed by atoms with Gasteiger partial charge >= 0.3 is 13.8 Å². The number of nitrogens with zero attached hydrogens (tertiary/aromatic N) is 1. The topological polar surface area (TPSA) is 81.9 Å². The van der Waals surface area contributed by atoms with E-state index in [0.29, 0.717) is 36.1 Å². The first-order chi connectivity index (χ1) is 16.6. The lowest BCUT2D eigenvalue weighted by atomic mass is 9.94. The first kappa shape index (κ1) is 27.2. The average Bonchev–Trinajstić information content (AvgIpc) is 3.13. The van der Waals surface area contributed by atoms with E-state index in [2.05, 4.69) is 0 Å². The van der Waals surface area contributed by atoms with Crippen molar-refractivity contribution in [2.24, 2.45) is 0 Å². The van der Waals surface area contributed by atoms with Gasteiger partial charge in [-0.2, -0.15) is 13.2 Å². The van der Waals surface area contributed by atoms with Crippen LogP contribution in [0.2, 0.25) is 0 Å². The monoisotopic (exact) mass is 512 g/mol. The number of anilines is 1. The molecular formula is C25H32F3N2O4P. The van der Waals surface area contributed by atoms with Gasteiger partial charge in [0.1, 0.15) is 6.54 Å². The quantitative estimate of drug-likeness (QED) is 0.208. The number of hydrogen-bond acceptors (Lipinski definition) is 5. The molecule has 0 heterocycles. The first-order valence-electron chi connectivity index (χ1n) is 11.8. The van der Waals surface area contributed by atoms with Crippen molar-refractivity contribution in [2.75, 3.05) is 38.2 Å². The standard InChI is InChI=1S/C25H32F3N2O4P/c1-3-33-35(32,34-4-2)16-9-5-8-15-30(17-25(26,27)28)24(31)23-20-12-7-6-11-18(20)19-13-10-14-21(29)22(19)23/h6-7,10-14,23H,3-5,8-9,15-17,29H2,1-2H3. The zero-order valence-corrected chi connectivity index (χ0v) is 20.9. The van der Waals surface area contributed by atoms with E-state index in [4.69, 9.17) is 14.8 Å². The maximum absolute atomic E-state index is 13.6. The smallest absolute Gasteiger partial charge is 0.398 e. The van der Waals surface area contributed by atoms with Crippen LogP contribution >= 0.6 is 7.60 Å². The summed E-state index contributed by atoms with van der Waals surface area (Å²) in [6.45, 7) is 2.52. The highest BCUT2D eigenvalue weighted by molar-refractivity contribution is 7.53. The maximum Gasteiger partial charge on any atom is 0.406 e. The number of nitrogens with two attached hydrogens (primary N) is 1. The lowest BCUT2D eigenvalue weighted by Crippen LogP contribution is -2.42. The molecule has 192 valence electrons. The minimum Gasteiger partial charge on any atom is -0.398 e. The number of carbonyl (C=O) groups excluding carboxylic acids is 1. The van der Waals surface area contributed by atoms with Crippen LogP contribution in [0.1, 0.15) is 50.2 Å². The number of unbranched alkanes of at least 4 members (excludes halogenated alkanes) is 2. The molecule has 0 radical (unpaired) electrons. The molecule has 2 N–H and O–H groups in total. The van der Waals surface area contributed by atoms with Crippen molar-refractivity contribution in [2.45, 2.75) is 45.2 Å². The van der Waals surface area contributed by atoms with E-state index in [9.17, 15) is 22.5 Å². The Kier molecular flexibility index (Phi) is 9.02. The van der Waals surface area contributed by atoms with Gasteiger partial charge in [0.2, 0.25) is 5.91 Å². The van der Waals surface area contributed by atoms with E-state index in [1.807, 2.05) is 18.2 Å². The second kappa shape index (κ2) is 11.6. The summed E-state index contributed by atoms with van der Waals surface area (Å²) in [7, 11) is -3.21. The Bertz CT molecular complexity index is 1070. The predicted molar refractivity (Wildman–Crippen MR) is 130 cm³/mol. The molecule has 1 amide bonds. The van der Waals surface area contributed by atoms with Gasteiger partial charge < -0.3 is 19.7 Å². The molecular weight excluding hydrogens is 480 g/mol. The molecule has 0 fully saturated rings. The summed E-state index contributed by atoms with van der Waals surface area (Å²) in [5, 5.41) is 0. The molecule has 0 aliphatic heterocycles. The van der Waals surface area contributed by atoms with Crippen LogP contribution in [-0.4, -0.2) is 49.4 Å². The van der Waals surface area contributed by atoms with Crippen LogP contribution < -0.4 is 5.73 Å². The van der Waals surface area contributed by atoms with Crippen LogP contribution in [0.25, 0.3) is 11.1 Å². The van der Waals surface area contributed by atoms with Gasteiger partial charge in [-0.1, -0.05) is 42.8 Å². The second-order valence-corrected chi connectivity index (χ2v) is 10.6. The molecule has 1 aliphatic carbocycles. The Morgan fingerprint density at radius 2 is 1.66 bits per heavy atom. The van der Waals surface area contributed by atoms with Crippen LogP contribution in [0, 0.1) is 0 Å². The van der Waals surface area contributed by atoms with E-state index in [0.717, 1.165) is 16.0 Å². The van der Waals surface area contributed by atoms with Crippen molar-refractivity contribution in [1.82, 2.24) is 4.90 Å². The number of nitrogen functional groups attached to an aromatic ring is 1. The van der Waals surface area contributed by atoms with Crippen molar-refractivity contribution in [3.63, 3.8) is 0 Å². The molecule has 0 saturated carbocycles. The van der Waals surface area contributed by atoms with E-state index >= 15 is 0 Å². The Morgan fingerprint density at radius 3 is 2.31 bits per heavy atom. The molecule has 0 bridgehead atoms. The predicted octanol–water partition coefficient (Wildman–Crippen LogP) is 6.21. The fraction of sp³-hybridized carbons (Fsp3) is 0.480. The van der Waals surface area contributed by atoms with Crippen LogP contribution in [0.5, 0.6) is 0 Å². The zero-order valence-electron chi connectivity index (χ0n) is 20.0. The number of amides is 1. The Labute approximate surface area is 204 Å². The van der Waals surface area contributed by atoms with E-state index in [1.54, 1.807) is 38.1 Å². The summed E-state index contributed by atoms with van der Waals surface area (Å²) in [6.07, 6.45) is -3.11. The van der Waals surface area contributed by atoms with Gasteiger partial charge in [-0.15, -0.1) is 0 Å². The van der Waals surface area contributed by atoms with Crippen molar-refractivity contribution in [3.05, 3.63) is 53.6 Å². The highest BCUT2D eigenvalue weighted by atomic mass is 31.2. The lowest BCUT2D eigenvalue weighted by Gasteiger charge is -2.28. The molecule has 35 heavy (non-hydrogen) atoms. The fourth-order valence-corrected chi connectivity index (χ4v) is 6.29. The minimum atomic E-state index is -4.54. The number of rotatable bonds is 12. The highest BCUT2D eigenvalue weighted by Crippen LogP contribution is 2.49. The van der Waals surface area contributed by atoms with Gasteiger partial charge in [0.25, 0.3) is 0 Å². The third-order valence-electron chi connectivity index (χ3n) is 5.93. The highest BCUT2D eigenvalue weighted by Gasteiger charge is 2.40. The molecule has 0 spiro atoms. The molecule has 1 unspecified atom stereocenters. The Hall–Kier alpha value is -2.35. The SMILES string of the molecule is CCOP(=O)(CCCCCN(CC(F)(F)F)C(=O)C1c2ccccc2-c2cccc(N)c21)OCC.